The second-order valence-corrected chi connectivity index (χ2v) is 5.09. The SMILES string of the molecule is CCCc1cc2ccc(F)cc2c(=O)n1-c1ccccc1. The first-order valence-electron chi connectivity index (χ1n) is 7.10. The highest BCUT2D eigenvalue weighted by atomic mass is 19.1. The molecule has 0 saturated heterocycles. The van der Waals surface area contributed by atoms with E-state index in [0.717, 1.165) is 29.6 Å². The highest BCUT2D eigenvalue weighted by molar-refractivity contribution is 5.82. The van der Waals surface area contributed by atoms with Crippen LogP contribution in [-0.4, -0.2) is 4.57 Å². The summed E-state index contributed by atoms with van der Waals surface area (Å²) in [6, 6.07) is 15.8. The molecule has 0 aliphatic rings. The molecule has 3 aromatic rings. The Morgan fingerprint density at radius 3 is 2.52 bits per heavy atom. The molecule has 0 radical (unpaired) electrons. The van der Waals surface area contributed by atoms with Crippen LogP contribution in [0.1, 0.15) is 19.0 Å². The Balaban J connectivity index is 2.37. The number of fused-ring (bicyclic) bond motifs is 1. The van der Waals surface area contributed by atoms with Gasteiger partial charge in [-0.1, -0.05) is 37.6 Å². The van der Waals surface area contributed by atoms with Gasteiger partial charge in [0, 0.05) is 11.4 Å². The third kappa shape index (κ3) is 2.47. The Hall–Kier alpha value is -2.42. The standard InChI is InChI=1S/C18H16FNO/c1-2-6-16-11-13-9-10-14(19)12-17(13)18(21)20(16)15-7-4-3-5-8-15/h3-5,7-12H,2,6H2,1H3. The number of halogens is 1. The minimum atomic E-state index is -0.387. The summed E-state index contributed by atoms with van der Waals surface area (Å²) in [5, 5.41) is 1.20. The van der Waals surface area contributed by atoms with Crippen molar-refractivity contribution < 1.29 is 4.39 Å². The monoisotopic (exact) mass is 281 g/mol. The summed E-state index contributed by atoms with van der Waals surface area (Å²) in [7, 11) is 0. The van der Waals surface area contributed by atoms with Crippen LogP contribution in [0, 0.1) is 5.82 Å². The highest BCUT2D eigenvalue weighted by Gasteiger charge is 2.11. The Kier molecular flexibility index (Phi) is 3.57. The normalized spacial score (nSPS) is 11.0. The van der Waals surface area contributed by atoms with E-state index in [2.05, 4.69) is 6.92 Å². The highest BCUT2D eigenvalue weighted by Crippen LogP contribution is 2.18. The van der Waals surface area contributed by atoms with E-state index in [1.54, 1.807) is 10.6 Å². The lowest BCUT2D eigenvalue weighted by molar-refractivity contribution is 0.629. The van der Waals surface area contributed by atoms with Crippen LogP contribution < -0.4 is 5.56 Å². The van der Waals surface area contributed by atoms with Gasteiger partial charge in [0.05, 0.1) is 5.39 Å². The fraction of sp³-hybridized carbons (Fsp3) is 0.167. The van der Waals surface area contributed by atoms with Crippen molar-refractivity contribution in [1.82, 2.24) is 4.57 Å². The van der Waals surface area contributed by atoms with Gasteiger partial charge >= 0.3 is 0 Å². The second-order valence-electron chi connectivity index (χ2n) is 5.09. The zero-order valence-electron chi connectivity index (χ0n) is 11.8. The smallest absolute Gasteiger partial charge is 0.263 e. The van der Waals surface area contributed by atoms with Crippen LogP contribution in [0.2, 0.25) is 0 Å². The van der Waals surface area contributed by atoms with E-state index in [9.17, 15) is 9.18 Å². The van der Waals surface area contributed by atoms with Gasteiger partial charge in [-0.15, -0.1) is 0 Å². The summed E-state index contributed by atoms with van der Waals surface area (Å²) in [6.07, 6.45) is 1.75. The molecule has 106 valence electrons. The number of aryl methyl sites for hydroxylation is 1. The molecule has 0 aliphatic carbocycles. The molecule has 2 aromatic carbocycles. The zero-order chi connectivity index (χ0) is 14.8. The Labute approximate surface area is 122 Å². The molecule has 0 spiro atoms. The topological polar surface area (TPSA) is 22.0 Å². The summed E-state index contributed by atoms with van der Waals surface area (Å²) < 4.78 is 15.1. The van der Waals surface area contributed by atoms with Crippen molar-refractivity contribution in [2.24, 2.45) is 0 Å². The van der Waals surface area contributed by atoms with Gasteiger partial charge in [0.25, 0.3) is 5.56 Å². The maximum Gasteiger partial charge on any atom is 0.263 e. The molecule has 0 atom stereocenters. The molecule has 21 heavy (non-hydrogen) atoms. The molecular formula is C18H16FNO. The first-order valence-corrected chi connectivity index (χ1v) is 7.10. The largest absolute Gasteiger partial charge is 0.281 e. The number of pyridine rings is 1. The number of aromatic nitrogens is 1. The van der Waals surface area contributed by atoms with Crippen LogP contribution in [0.15, 0.2) is 59.4 Å². The molecule has 0 bridgehead atoms. The minimum absolute atomic E-state index is 0.165. The molecule has 1 aromatic heterocycles. The van der Waals surface area contributed by atoms with Gasteiger partial charge in [0.2, 0.25) is 0 Å². The zero-order valence-corrected chi connectivity index (χ0v) is 11.8. The maximum atomic E-state index is 13.5. The number of nitrogens with zero attached hydrogens (tertiary/aromatic N) is 1. The summed E-state index contributed by atoms with van der Waals surface area (Å²) >= 11 is 0. The van der Waals surface area contributed by atoms with Crippen molar-refractivity contribution >= 4 is 10.8 Å². The molecule has 3 heteroatoms. The number of hydrogen-bond acceptors (Lipinski definition) is 1. The first-order chi connectivity index (χ1) is 10.2. The van der Waals surface area contributed by atoms with Crippen LogP contribution >= 0.6 is 0 Å². The number of benzene rings is 2. The van der Waals surface area contributed by atoms with Crippen LogP contribution in [0.3, 0.4) is 0 Å². The Morgan fingerprint density at radius 2 is 1.81 bits per heavy atom. The molecule has 0 N–H and O–H groups in total. The average molecular weight is 281 g/mol. The van der Waals surface area contributed by atoms with Gasteiger partial charge in [0.1, 0.15) is 5.82 Å². The fourth-order valence-electron chi connectivity index (χ4n) is 2.63. The maximum absolute atomic E-state index is 13.5. The minimum Gasteiger partial charge on any atom is -0.281 e. The van der Waals surface area contributed by atoms with Crippen LogP contribution in [-0.2, 0) is 6.42 Å². The van der Waals surface area contributed by atoms with Crippen molar-refractivity contribution in [3.63, 3.8) is 0 Å². The number of para-hydroxylation sites is 1. The van der Waals surface area contributed by atoms with Crippen LogP contribution in [0.4, 0.5) is 4.39 Å². The summed E-state index contributed by atoms with van der Waals surface area (Å²) in [4.78, 5) is 12.8. The Bertz CT molecular complexity index is 837. The lowest BCUT2D eigenvalue weighted by atomic mass is 10.1. The first kappa shape index (κ1) is 13.6. The molecule has 3 rings (SSSR count). The quantitative estimate of drug-likeness (QED) is 0.709. The number of rotatable bonds is 3. The molecule has 0 amide bonds. The third-order valence-corrected chi connectivity index (χ3v) is 3.58. The molecule has 1 heterocycles. The predicted molar refractivity (Wildman–Crippen MR) is 83.5 cm³/mol. The van der Waals surface area contributed by atoms with Crippen molar-refractivity contribution in [1.29, 1.82) is 0 Å². The van der Waals surface area contributed by atoms with Gasteiger partial charge in [-0.05, 0) is 42.1 Å². The Morgan fingerprint density at radius 1 is 1.05 bits per heavy atom. The molecular weight excluding hydrogens is 265 g/mol. The summed E-state index contributed by atoms with van der Waals surface area (Å²) in [6.45, 7) is 2.08. The van der Waals surface area contributed by atoms with Crippen molar-refractivity contribution in [2.45, 2.75) is 19.8 Å². The van der Waals surface area contributed by atoms with Crippen molar-refractivity contribution in [3.8, 4) is 5.69 Å². The lowest BCUT2D eigenvalue weighted by Crippen LogP contribution is -2.22. The average Bonchev–Trinajstić information content (AvgIpc) is 2.50. The summed E-state index contributed by atoms with van der Waals surface area (Å²) in [5.74, 6) is -0.387. The van der Waals surface area contributed by atoms with Gasteiger partial charge in [0.15, 0.2) is 0 Å². The molecule has 0 saturated carbocycles. The number of hydrogen-bond donors (Lipinski definition) is 0. The van der Waals surface area contributed by atoms with E-state index < -0.39 is 0 Å². The van der Waals surface area contributed by atoms with E-state index in [1.807, 2.05) is 36.4 Å². The molecule has 2 nitrogen and oxygen atoms in total. The van der Waals surface area contributed by atoms with Gasteiger partial charge in [-0.2, -0.15) is 0 Å². The second kappa shape index (κ2) is 5.52. The van der Waals surface area contributed by atoms with Crippen LogP contribution in [0.25, 0.3) is 16.5 Å². The van der Waals surface area contributed by atoms with E-state index in [-0.39, 0.29) is 11.4 Å². The van der Waals surface area contributed by atoms with E-state index in [0.29, 0.717) is 5.39 Å². The lowest BCUT2D eigenvalue weighted by Gasteiger charge is -2.14. The van der Waals surface area contributed by atoms with E-state index >= 15 is 0 Å². The van der Waals surface area contributed by atoms with Crippen molar-refractivity contribution in [3.05, 3.63) is 76.5 Å². The molecule has 0 unspecified atom stereocenters. The van der Waals surface area contributed by atoms with Crippen molar-refractivity contribution in [2.75, 3.05) is 0 Å². The van der Waals surface area contributed by atoms with E-state index in [4.69, 9.17) is 0 Å². The third-order valence-electron chi connectivity index (χ3n) is 3.58. The van der Waals surface area contributed by atoms with E-state index in [1.165, 1.54) is 12.1 Å². The summed E-state index contributed by atoms with van der Waals surface area (Å²) in [5.41, 5.74) is 1.60. The fourth-order valence-corrected chi connectivity index (χ4v) is 2.63. The molecule has 0 aliphatic heterocycles. The van der Waals surface area contributed by atoms with Gasteiger partial charge in [-0.25, -0.2) is 4.39 Å². The van der Waals surface area contributed by atoms with Crippen LogP contribution in [0.5, 0.6) is 0 Å². The van der Waals surface area contributed by atoms with Gasteiger partial charge in [-0.3, -0.25) is 9.36 Å². The van der Waals surface area contributed by atoms with Gasteiger partial charge < -0.3 is 0 Å². The molecule has 0 fully saturated rings. The predicted octanol–water partition coefficient (Wildman–Crippen LogP) is 4.08.